The van der Waals surface area contributed by atoms with Crippen molar-refractivity contribution in [3.05, 3.63) is 66.0 Å². The molecule has 44 heavy (non-hydrogen) atoms. The molecule has 2 aromatic heterocycles. The summed E-state index contributed by atoms with van der Waals surface area (Å²) in [6.45, 7) is 6.79. The number of hydrogen-bond donors (Lipinski definition) is 3. The molecule has 0 saturated heterocycles. The second kappa shape index (κ2) is 13.1. The third kappa shape index (κ3) is 8.17. The molecule has 0 aliphatic rings. The number of ether oxygens (including phenoxy) is 2. The van der Waals surface area contributed by atoms with Gasteiger partial charge in [0.2, 0.25) is 16.0 Å². The summed E-state index contributed by atoms with van der Waals surface area (Å²) >= 11 is 0. The summed E-state index contributed by atoms with van der Waals surface area (Å²) in [6.07, 6.45) is -3.37. The van der Waals surface area contributed by atoms with Crippen molar-refractivity contribution in [3.8, 4) is 17.2 Å². The number of aromatic nitrogens is 3. The Morgan fingerprint density at radius 1 is 1.00 bits per heavy atom. The van der Waals surface area contributed by atoms with Gasteiger partial charge in [-0.25, -0.2) is 18.1 Å². The highest BCUT2D eigenvalue weighted by Crippen LogP contribution is 2.35. The largest absolute Gasteiger partial charge is 0.573 e. The van der Waals surface area contributed by atoms with Crippen molar-refractivity contribution in [2.24, 2.45) is 7.05 Å². The highest BCUT2D eigenvalue weighted by Gasteiger charge is 2.32. The number of nitrogens with zero attached hydrogens (tertiary/aromatic N) is 3. The minimum absolute atomic E-state index is 0.0417. The van der Waals surface area contributed by atoms with Crippen LogP contribution in [0.2, 0.25) is 0 Å². The zero-order valence-electron chi connectivity index (χ0n) is 24.7. The first-order valence-corrected chi connectivity index (χ1v) is 15.2. The fourth-order valence-corrected chi connectivity index (χ4v) is 4.86. The zero-order valence-corrected chi connectivity index (χ0v) is 25.5. The molecular formula is C29H33F3N6O5S. The molecule has 15 heteroatoms. The van der Waals surface area contributed by atoms with E-state index in [-0.39, 0.29) is 30.5 Å². The summed E-state index contributed by atoms with van der Waals surface area (Å²) in [6, 6.07) is 12.6. The molecule has 0 radical (unpaired) electrons. The molecule has 4 rings (SSSR count). The van der Waals surface area contributed by atoms with Gasteiger partial charge >= 0.3 is 6.36 Å². The van der Waals surface area contributed by atoms with Crippen LogP contribution in [0.4, 0.5) is 24.8 Å². The number of benzene rings is 2. The third-order valence-corrected chi connectivity index (χ3v) is 8.35. The third-order valence-electron chi connectivity index (χ3n) is 6.50. The summed E-state index contributed by atoms with van der Waals surface area (Å²) in [5.41, 5.74) is 2.38. The van der Waals surface area contributed by atoms with Crippen LogP contribution in [0.15, 0.2) is 54.7 Å². The molecule has 0 atom stereocenters. The van der Waals surface area contributed by atoms with Gasteiger partial charge in [0.05, 0.1) is 16.3 Å². The lowest BCUT2D eigenvalue weighted by Crippen LogP contribution is -2.37. The monoisotopic (exact) mass is 634 g/mol. The number of anilines is 2. The summed E-state index contributed by atoms with van der Waals surface area (Å²) in [4.78, 5) is 21.2. The number of aryl methyl sites for hydroxylation is 1. The number of amides is 1. The fraction of sp³-hybridized carbons (Fsp3) is 0.345. The number of alkyl halides is 3. The van der Waals surface area contributed by atoms with Crippen LogP contribution in [0.5, 0.6) is 17.2 Å². The molecule has 0 bridgehead atoms. The van der Waals surface area contributed by atoms with Crippen molar-refractivity contribution in [2.75, 3.05) is 18.4 Å². The first-order valence-electron chi connectivity index (χ1n) is 13.7. The standard InChI is InChI=1S/C29H33F3N6O5S/c1-17(2)22-14-19(6-9-26(22)43-29(30,31)32)36-28-37-23-15-20(7-8-25(23)38(28)5)42-21-10-11-33-24(16-21)27(39)34-12-13-35-44(40,41)18(3)4/h6-11,14-18,35H,12-13H2,1-5H3,(H,34,39)(H,36,37). The first kappa shape index (κ1) is 32.5. The van der Waals surface area contributed by atoms with Gasteiger partial charge in [-0.2, -0.15) is 0 Å². The van der Waals surface area contributed by atoms with Gasteiger partial charge in [0.25, 0.3) is 5.91 Å². The number of imidazole rings is 1. The number of carbonyl (C=O) groups excluding carboxylic acids is 1. The highest BCUT2D eigenvalue weighted by atomic mass is 32.2. The number of fused-ring (bicyclic) bond motifs is 1. The molecular weight excluding hydrogens is 601 g/mol. The van der Waals surface area contributed by atoms with Crippen LogP contribution in [0, 0.1) is 0 Å². The molecule has 0 fully saturated rings. The van der Waals surface area contributed by atoms with E-state index in [0.29, 0.717) is 34.2 Å². The van der Waals surface area contributed by atoms with Crippen molar-refractivity contribution in [3.63, 3.8) is 0 Å². The van der Waals surface area contributed by atoms with Gasteiger partial charge in [0.15, 0.2) is 0 Å². The van der Waals surface area contributed by atoms with E-state index in [1.165, 1.54) is 24.4 Å². The van der Waals surface area contributed by atoms with E-state index in [2.05, 4.69) is 30.1 Å². The zero-order chi connectivity index (χ0) is 32.2. The van der Waals surface area contributed by atoms with Crippen molar-refractivity contribution in [1.29, 1.82) is 0 Å². The first-order chi connectivity index (χ1) is 20.6. The Morgan fingerprint density at radius 3 is 2.41 bits per heavy atom. The maximum absolute atomic E-state index is 12.8. The van der Waals surface area contributed by atoms with Gasteiger partial charge < -0.3 is 24.7 Å². The van der Waals surface area contributed by atoms with Crippen LogP contribution in [0.3, 0.4) is 0 Å². The van der Waals surface area contributed by atoms with E-state index in [9.17, 15) is 26.4 Å². The van der Waals surface area contributed by atoms with Gasteiger partial charge in [0, 0.05) is 44.2 Å². The Morgan fingerprint density at radius 2 is 1.73 bits per heavy atom. The fourth-order valence-electron chi connectivity index (χ4n) is 4.14. The summed E-state index contributed by atoms with van der Waals surface area (Å²) in [5, 5.41) is 5.19. The Hall–Kier alpha value is -4.37. The van der Waals surface area contributed by atoms with Gasteiger partial charge in [-0.05, 0) is 61.7 Å². The summed E-state index contributed by atoms with van der Waals surface area (Å²) in [7, 11) is -1.64. The Balaban J connectivity index is 1.45. The molecule has 4 aromatic rings. The van der Waals surface area contributed by atoms with E-state index in [4.69, 9.17) is 4.74 Å². The highest BCUT2D eigenvalue weighted by molar-refractivity contribution is 7.90. The normalized spacial score (nSPS) is 12.1. The quantitative estimate of drug-likeness (QED) is 0.172. The summed E-state index contributed by atoms with van der Waals surface area (Å²) in [5.74, 6) is 0.277. The van der Waals surface area contributed by atoms with Gasteiger partial charge in [-0.3, -0.25) is 9.78 Å². The van der Waals surface area contributed by atoms with Crippen molar-refractivity contribution in [1.82, 2.24) is 24.6 Å². The van der Waals surface area contributed by atoms with E-state index < -0.39 is 27.5 Å². The van der Waals surface area contributed by atoms with E-state index in [0.717, 1.165) is 5.52 Å². The smallest absolute Gasteiger partial charge is 0.457 e. The second-order valence-corrected chi connectivity index (χ2v) is 12.8. The van der Waals surface area contributed by atoms with Gasteiger partial charge in [-0.15, -0.1) is 13.2 Å². The number of rotatable bonds is 12. The van der Waals surface area contributed by atoms with Crippen molar-refractivity contribution in [2.45, 2.75) is 45.2 Å². The number of pyridine rings is 1. The van der Waals surface area contributed by atoms with E-state index >= 15 is 0 Å². The average Bonchev–Trinajstić information content (AvgIpc) is 3.24. The molecule has 0 aliphatic carbocycles. The van der Waals surface area contributed by atoms with Crippen LogP contribution in [0.1, 0.15) is 49.7 Å². The Kier molecular flexibility index (Phi) is 9.69. The molecule has 0 saturated carbocycles. The molecule has 1 amide bonds. The van der Waals surface area contributed by atoms with Crippen molar-refractivity contribution < 1.29 is 35.9 Å². The lowest BCUT2D eigenvalue weighted by atomic mass is 10.0. The maximum atomic E-state index is 12.8. The Bertz CT molecular complexity index is 1760. The maximum Gasteiger partial charge on any atom is 0.573 e. The number of sulfonamides is 1. The molecule has 2 heterocycles. The minimum Gasteiger partial charge on any atom is -0.457 e. The molecule has 0 aliphatic heterocycles. The predicted octanol–water partition coefficient (Wildman–Crippen LogP) is 5.58. The number of nitrogens with one attached hydrogen (secondary N) is 3. The van der Waals surface area contributed by atoms with Crippen LogP contribution < -0.4 is 24.8 Å². The molecule has 0 unspecified atom stereocenters. The van der Waals surface area contributed by atoms with Crippen LogP contribution in [0.25, 0.3) is 11.0 Å². The topological polar surface area (TPSA) is 136 Å². The van der Waals surface area contributed by atoms with Crippen molar-refractivity contribution >= 4 is 38.6 Å². The lowest BCUT2D eigenvalue weighted by Gasteiger charge is -2.17. The van der Waals surface area contributed by atoms with Crippen LogP contribution in [-0.2, 0) is 17.1 Å². The number of halogens is 3. The SMILES string of the molecule is CC(C)c1cc(Nc2nc3cc(Oc4ccnc(C(=O)NCCNS(=O)(=O)C(C)C)c4)ccc3n2C)ccc1OC(F)(F)F. The van der Waals surface area contributed by atoms with E-state index in [1.807, 2.05) is 0 Å². The minimum atomic E-state index is -4.79. The van der Waals surface area contributed by atoms with Crippen LogP contribution >= 0.6 is 0 Å². The molecule has 0 spiro atoms. The number of hydrogen-bond acceptors (Lipinski definition) is 8. The lowest BCUT2D eigenvalue weighted by molar-refractivity contribution is -0.274. The van der Waals surface area contributed by atoms with Gasteiger partial charge in [-0.1, -0.05) is 13.8 Å². The summed E-state index contributed by atoms with van der Waals surface area (Å²) < 4.78 is 76.5. The number of carbonyl (C=O) groups is 1. The molecule has 2 aromatic carbocycles. The second-order valence-electron chi connectivity index (χ2n) is 10.4. The molecule has 11 nitrogen and oxygen atoms in total. The molecule has 236 valence electrons. The Labute approximate surface area is 252 Å². The van der Waals surface area contributed by atoms with Gasteiger partial charge in [0.1, 0.15) is 22.9 Å². The molecule has 3 N–H and O–H groups in total. The van der Waals surface area contributed by atoms with Crippen LogP contribution in [-0.4, -0.2) is 53.6 Å². The predicted molar refractivity (Wildman–Crippen MR) is 160 cm³/mol. The van der Waals surface area contributed by atoms with E-state index in [1.54, 1.807) is 69.6 Å². The average molecular weight is 635 g/mol.